The maximum Gasteiger partial charge on any atom is 0.262 e. The lowest BCUT2D eigenvalue weighted by atomic mass is 10.2. The fourth-order valence-corrected chi connectivity index (χ4v) is 3.95. The summed E-state index contributed by atoms with van der Waals surface area (Å²) in [5.41, 5.74) is 2.07. The Kier molecular flexibility index (Phi) is 5.92. The molecular weight excluding hydrogens is 386 g/mol. The normalized spacial score (nSPS) is 11.2. The number of sulfonamides is 1. The molecule has 0 atom stereocenters. The number of aromatic nitrogens is 2. The van der Waals surface area contributed by atoms with Crippen LogP contribution in [0.2, 0.25) is 0 Å². The van der Waals surface area contributed by atoms with Crippen LogP contribution in [0.5, 0.6) is 11.5 Å². The van der Waals surface area contributed by atoms with E-state index in [-0.39, 0.29) is 4.90 Å². The molecule has 0 saturated heterocycles. The van der Waals surface area contributed by atoms with Gasteiger partial charge in [-0.3, -0.25) is 4.72 Å². The third kappa shape index (κ3) is 4.55. The van der Waals surface area contributed by atoms with Crippen LogP contribution in [0.1, 0.15) is 13.8 Å². The average Bonchev–Trinajstić information content (AvgIpc) is 3.18. The molecule has 0 amide bonds. The lowest BCUT2D eigenvalue weighted by Crippen LogP contribution is -2.13. The fraction of sp³-hybridized carbons (Fsp3) is 0.222. The summed E-state index contributed by atoms with van der Waals surface area (Å²) in [4.78, 5) is 0.0992. The van der Waals surface area contributed by atoms with Crippen molar-refractivity contribution in [2.75, 3.05) is 17.9 Å². The second-order valence-corrected chi connectivity index (χ2v) is 7.74. The molecule has 3 rings (SSSR count). The monoisotopic (exact) mass is 405 g/mol. The number of benzene rings is 2. The van der Waals surface area contributed by atoms with Gasteiger partial charge in [-0.25, -0.2) is 8.42 Å². The predicted molar refractivity (Wildman–Crippen MR) is 105 cm³/mol. The molecule has 0 radical (unpaired) electrons. The molecule has 9 heteroatoms. The zero-order valence-corrected chi connectivity index (χ0v) is 16.5. The molecule has 1 aromatic heterocycles. The van der Waals surface area contributed by atoms with E-state index in [9.17, 15) is 8.42 Å². The first-order valence-electron chi connectivity index (χ1n) is 8.33. The molecule has 0 aliphatic carbocycles. The zero-order valence-electron chi connectivity index (χ0n) is 14.9. The van der Waals surface area contributed by atoms with Crippen molar-refractivity contribution in [3.63, 3.8) is 0 Å². The third-order valence-electron chi connectivity index (χ3n) is 3.62. The first kappa shape index (κ1) is 19.1. The van der Waals surface area contributed by atoms with Gasteiger partial charge in [0, 0.05) is 22.7 Å². The minimum absolute atomic E-state index is 0.0992. The average molecular weight is 406 g/mol. The second-order valence-electron chi connectivity index (χ2n) is 5.45. The smallest absolute Gasteiger partial charge is 0.262 e. The summed E-state index contributed by atoms with van der Waals surface area (Å²) in [6.07, 6.45) is 0. The van der Waals surface area contributed by atoms with Gasteiger partial charge < -0.3 is 9.47 Å². The Hall–Kier alpha value is -2.65. The van der Waals surface area contributed by atoms with Crippen molar-refractivity contribution in [1.29, 1.82) is 0 Å². The summed E-state index contributed by atoms with van der Waals surface area (Å²) in [5, 5.41) is 5.82. The van der Waals surface area contributed by atoms with E-state index in [0.717, 1.165) is 11.3 Å². The van der Waals surface area contributed by atoms with Gasteiger partial charge in [-0.2, -0.15) is 0 Å². The third-order valence-corrected chi connectivity index (χ3v) is 5.50. The van der Waals surface area contributed by atoms with E-state index in [0.29, 0.717) is 30.4 Å². The predicted octanol–water partition coefficient (Wildman–Crippen LogP) is 3.80. The molecule has 1 N–H and O–H groups in total. The minimum atomic E-state index is -3.76. The van der Waals surface area contributed by atoms with Crippen LogP contribution >= 0.6 is 11.5 Å². The van der Waals surface area contributed by atoms with Gasteiger partial charge in [-0.1, -0.05) is 16.6 Å². The van der Waals surface area contributed by atoms with Crippen LogP contribution in [0, 0.1) is 0 Å². The summed E-state index contributed by atoms with van der Waals surface area (Å²) in [6, 6.07) is 11.5. The van der Waals surface area contributed by atoms with Crippen molar-refractivity contribution in [2.24, 2.45) is 0 Å². The first-order valence-corrected chi connectivity index (χ1v) is 10.7. The van der Waals surface area contributed by atoms with E-state index in [1.165, 1.54) is 23.7 Å². The molecular formula is C18H19N3O4S2. The standard InChI is InChI=1S/C18H19N3O4S2/c1-3-24-17-10-9-15(11-18(17)25-4-2)27(22,23)20-14-7-5-13(6-8-14)16-12-26-21-19-16/h5-12,20H,3-4H2,1-2H3. The minimum Gasteiger partial charge on any atom is -0.490 e. The Bertz CT molecular complexity index is 988. The molecule has 27 heavy (non-hydrogen) atoms. The summed E-state index contributed by atoms with van der Waals surface area (Å²) < 4.78 is 42.8. The molecule has 0 fully saturated rings. The van der Waals surface area contributed by atoms with Crippen LogP contribution in [-0.2, 0) is 10.0 Å². The van der Waals surface area contributed by atoms with E-state index in [2.05, 4.69) is 14.3 Å². The van der Waals surface area contributed by atoms with Crippen LogP contribution in [-0.4, -0.2) is 31.2 Å². The van der Waals surface area contributed by atoms with Crippen molar-refractivity contribution in [1.82, 2.24) is 9.59 Å². The largest absolute Gasteiger partial charge is 0.490 e. The highest BCUT2D eigenvalue weighted by Crippen LogP contribution is 2.31. The van der Waals surface area contributed by atoms with Gasteiger partial charge in [0.1, 0.15) is 5.69 Å². The Labute approximate surface area is 162 Å². The van der Waals surface area contributed by atoms with E-state index in [1.54, 1.807) is 30.3 Å². The molecule has 0 saturated carbocycles. The van der Waals surface area contributed by atoms with Crippen molar-refractivity contribution < 1.29 is 17.9 Å². The van der Waals surface area contributed by atoms with Crippen molar-refractivity contribution >= 4 is 27.2 Å². The van der Waals surface area contributed by atoms with Crippen molar-refractivity contribution in [3.8, 4) is 22.8 Å². The molecule has 142 valence electrons. The van der Waals surface area contributed by atoms with Gasteiger partial charge in [-0.05, 0) is 49.6 Å². The number of hydrogen-bond donors (Lipinski definition) is 1. The molecule has 7 nitrogen and oxygen atoms in total. The number of ether oxygens (including phenoxy) is 2. The lowest BCUT2D eigenvalue weighted by molar-refractivity contribution is 0.287. The second kappa shape index (κ2) is 8.36. The number of rotatable bonds is 8. The van der Waals surface area contributed by atoms with E-state index in [1.807, 2.05) is 19.2 Å². The number of anilines is 1. The van der Waals surface area contributed by atoms with E-state index >= 15 is 0 Å². The van der Waals surface area contributed by atoms with Gasteiger partial charge in [0.25, 0.3) is 10.0 Å². The highest BCUT2D eigenvalue weighted by molar-refractivity contribution is 7.92. The summed E-state index contributed by atoms with van der Waals surface area (Å²) >= 11 is 1.26. The van der Waals surface area contributed by atoms with Crippen LogP contribution < -0.4 is 14.2 Å². The van der Waals surface area contributed by atoms with E-state index < -0.39 is 10.0 Å². The molecule has 0 spiro atoms. The van der Waals surface area contributed by atoms with E-state index in [4.69, 9.17) is 9.47 Å². The van der Waals surface area contributed by atoms with Gasteiger partial charge >= 0.3 is 0 Å². The summed E-state index contributed by atoms with van der Waals surface area (Å²) in [7, 11) is -3.76. The van der Waals surface area contributed by atoms with Gasteiger partial charge in [0.05, 0.1) is 18.1 Å². The van der Waals surface area contributed by atoms with Crippen LogP contribution in [0.15, 0.2) is 52.7 Å². The molecule has 0 aliphatic heterocycles. The lowest BCUT2D eigenvalue weighted by Gasteiger charge is -2.13. The topological polar surface area (TPSA) is 90.4 Å². The molecule has 0 aliphatic rings. The number of hydrogen-bond acceptors (Lipinski definition) is 7. The highest BCUT2D eigenvalue weighted by Gasteiger charge is 2.18. The van der Waals surface area contributed by atoms with Gasteiger partial charge in [-0.15, -0.1) is 5.10 Å². The Morgan fingerprint density at radius 1 is 1.00 bits per heavy atom. The van der Waals surface area contributed by atoms with Gasteiger partial charge in [0.2, 0.25) is 0 Å². The molecule has 3 aromatic rings. The Balaban J connectivity index is 1.82. The van der Waals surface area contributed by atoms with Crippen LogP contribution in [0.25, 0.3) is 11.3 Å². The van der Waals surface area contributed by atoms with Crippen LogP contribution in [0.4, 0.5) is 5.69 Å². The van der Waals surface area contributed by atoms with Gasteiger partial charge in [0.15, 0.2) is 11.5 Å². The molecule has 0 unspecified atom stereocenters. The SMILES string of the molecule is CCOc1ccc(S(=O)(=O)Nc2ccc(-c3csnn3)cc2)cc1OCC. The Morgan fingerprint density at radius 2 is 1.70 bits per heavy atom. The summed E-state index contributed by atoms with van der Waals surface area (Å²) in [5.74, 6) is 0.910. The molecule has 2 aromatic carbocycles. The quantitative estimate of drug-likeness (QED) is 0.613. The Morgan fingerprint density at radius 3 is 2.33 bits per heavy atom. The molecule has 0 bridgehead atoms. The first-order chi connectivity index (χ1) is 13.0. The highest BCUT2D eigenvalue weighted by atomic mass is 32.2. The number of nitrogens with one attached hydrogen (secondary N) is 1. The number of nitrogens with zero attached hydrogens (tertiary/aromatic N) is 2. The maximum atomic E-state index is 12.7. The van der Waals surface area contributed by atoms with Crippen molar-refractivity contribution in [3.05, 3.63) is 47.8 Å². The molecule has 1 heterocycles. The zero-order chi connectivity index (χ0) is 19.3. The summed E-state index contributed by atoms with van der Waals surface area (Å²) in [6.45, 7) is 4.55. The fourth-order valence-electron chi connectivity index (χ4n) is 2.41. The van der Waals surface area contributed by atoms with Crippen molar-refractivity contribution in [2.45, 2.75) is 18.7 Å². The van der Waals surface area contributed by atoms with Crippen LogP contribution in [0.3, 0.4) is 0 Å². The maximum absolute atomic E-state index is 12.7.